The number of hydrogen-bond donors (Lipinski definition) is 1. The van der Waals surface area contributed by atoms with E-state index in [9.17, 15) is 9.90 Å². The highest BCUT2D eigenvalue weighted by Gasteiger charge is 2.13. The van der Waals surface area contributed by atoms with E-state index in [-0.39, 0.29) is 12.1 Å². The number of benzene rings is 1. The first-order chi connectivity index (χ1) is 10.2. The van der Waals surface area contributed by atoms with Gasteiger partial charge < -0.3 is 5.11 Å². The second-order valence-corrected chi connectivity index (χ2v) is 5.49. The van der Waals surface area contributed by atoms with Crippen molar-refractivity contribution in [1.82, 2.24) is 14.5 Å². The van der Waals surface area contributed by atoms with Gasteiger partial charge in [-0.15, -0.1) is 0 Å². The van der Waals surface area contributed by atoms with Gasteiger partial charge in [0.15, 0.2) is 0 Å². The molecule has 1 aromatic carbocycles. The Kier molecular flexibility index (Phi) is 3.81. The van der Waals surface area contributed by atoms with E-state index in [2.05, 4.69) is 25.9 Å². The van der Waals surface area contributed by atoms with E-state index in [1.807, 2.05) is 24.3 Å². The highest BCUT2D eigenvalue weighted by Crippen LogP contribution is 2.23. The molecule has 0 radical (unpaired) electrons. The van der Waals surface area contributed by atoms with Crippen LogP contribution in [0.5, 0.6) is 0 Å². The molecule has 0 saturated heterocycles. The average Bonchev–Trinajstić information content (AvgIpc) is 2.51. The zero-order valence-corrected chi connectivity index (χ0v) is 12.6. The van der Waals surface area contributed by atoms with Gasteiger partial charge in [0.1, 0.15) is 0 Å². The molecule has 0 fully saturated rings. The van der Waals surface area contributed by atoms with Crippen molar-refractivity contribution in [3.8, 4) is 0 Å². The van der Waals surface area contributed by atoms with Crippen LogP contribution in [-0.2, 0) is 6.54 Å². The molecule has 6 heteroatoms. The summed E-state index contributed by atoms with van der Waals surface area (Å²) in [6, 6.07) is 9.02. The predicted molar refractivity (Wildman–Crippen MR) is 82.9 cm³/mol. The fraction of sp³-hybridized carbons (Fsp3) is 0.133. The number of halogens is 1. The summed E-state index contributed by atoms with van der Waals surface area (Å²) in [7, 11) is 0. The highest BCUT2D eigenvalue weighted by molar-refractivity contribution is 9.10. The number of fused-ring (bicyclic) bond motifs is 1. The third kappa shape index (κ3) is 2.72. The second-order valence-electron chi connectivity index (χ2n) is 4.63. The number of aromatic nitrogens is 3. The van der Waals surface area contributed by atoms with Crippen LogP contribution in [0, 0.1) is 0 Å². The van der Waals surface area contributed by atoms with Gasteiger partial charge in [-0.05, 0) is 17.7 Å². The topological polar surface area (TPSA) is 68.0 Å². The van der Waals surface area contributed by atoms with E-state index in [1.165, 1.54) is 10.9 Å². The van der Waals surface area contributed by atoms with E-state index in [0.29, 0.717) is 10.9 Å². The minimum Gasteiger partial charge on any atom is -0.386 e. The molecule has 3 rings (SSSR count). The molecule has 0 bridgehead atoms. The van der Waals surface area contributed by atoms with Gasteiger partial charge in [-0.3, -0.25) is 14.3 Å². The molecule has 5 nitrogen and oxygen atoms in total. The standard InChI is InChI=1S/C15H12BrN3O2/c16-12-4-2-1-3-10(12)14(20)8-19-9-18-13-7-17-6-5-11(13)15(19)21/h1-7,9,14,20H,8H2/t14-/m0/s1. The fourth-order valence-electron chi connectivity index (χ4n) is 2.17. The first-order valence-electron chi connectivity index (χ1n) is 6.38. The van der Waals surface area contributed by atoms with Crippen LogP contribution in [0.4, 0.5) is 0 Å². The first kappa shape index (κ1) is 13.9. The Labute approximate surface area is 129 Å². The maximum atomic E-state index is 12.4. The molecule has 0 amide bonds. The molecule has 2 aromatic heterocycles. The van der Waals surface area contributed by atoms with E-state index in [0.717, 1.165) is 10.0 Å². The third-order valence-corrected chi connectivity index (χ3v) is 3.98. The fourth-order valence-corrected chi connectivity index (χ4v) is 2.72. The van der Waals surface area contributed by atoms with Crippen molar-refractivity contribution in [2.75, 3.05) is 0 Å². The lowest BCUT2D eigenvalue weighted by Gasteiger charge is -2.14. The summed E-state index contributed by atoms with van der Waals surface area (Å²) in [4.78, 5) is 20.5. The summed E-state index contributed by atoms with van der Waals surface area (Å²) in [5.74, 6) is 0. The normalized spacial score (nSPS) is 12.5. The lowest BCUT2D eigenvalue weighted by molar-refractivity contribution is 0.154. The summed E-state index contributed by atoms with van der Waals surface area (Å²) < 4.78 is 2.22. The summed E-state index contributed by atoms with van der Waals surface area (Å²) in [5.41, 5.74) is 1.10. The van der Waals surface area contributed by atoms with Crippen molar-refractivity contribution in [2.45, 2.75) is 12.6 Å². The predicted octanol–water partition coefficient (Wildman–Crippen LogP) is 2.29. The van der Waals surface area contributed by atoms with Gasteiger partial charge >= 0.3 is 0 Å². The smallest absolute Gasteiger partial charge is 0.261 e. The number of nitrogens with zero attached hydrogens (tertiary/aromatic N) is 3. The summed E-state index contributed by atoms with van der Waals surface area (Å²) in [6.45, 7) is 0.146. The molecule has 0 aliphatic rings. The van der Waals surface area contributed by atoms with Crippen molar-refractivity contribution in [1.29, 1.82) is 0 Å². The Balaban J connectivity index is 1.97. The van der Waals surface area contributed by atoms with Gasteiger partial charge in [-0.25, -0.2) is 4.98 Å². The van der Waals surface area contributed by atoms with Crippen LogP contribution in [-0.4, -0.2) is 19.6 Å². The summed E-state index contributed by atoms with van der Waals surface area (Å²) >= 11 is 3.40. The molecule has 1 atom stereocenters. The van der Waals surface area contributed by atoms with E-state index in [4.69, 9.17) is 0 Å². The third-order valence-electron chi connectivity index (χ3n) is 3.26. The number of pyridine rings is 1. The van der Waals surface area contributed by atoms with Crippen molar-refractivity contribution in [3.63, 3.8) is 0 Å². The minimum absolute atomic E-state index is 0.146. The van der Waals surface area contributed by atoms with Gasteiger partial charge in [0.25, 0.3) is 5.56 Å². The van der Waals surface area contributed by atoms with Crippen molar-refractivity contribution in [3.05, 3.63) is 69.4 Å². The molecule has 0 spiro atoms. The van der Waals surface area contributed by atoms with Gasteiger partial charge in [0.2, 0.25) is 0 Å². The van der Waals surface area contributed by atoms with Crippen LogP contribution >= 0.6 is 15.9 Å². The number of aliphatic hydroxyl groups excluding tert-OH is 1. The molecule has 21 heavy (non-hydrogen) atoms. The maximum absolute atomic E-state index is 12.4. The SMILES string of the molecule is O=c1c2ccncc2ncn1C[C@H](O)c1ccccc1Br. The van der Waals surface area contributed by atoms with E-state index < -0.39 is 6.10 Å². The van der Waals surface area contributed by atoms with Crippen LogP contribution in [0.3, 0.4) is 0 Å². The largest absolute Gasteiger partial charge is 0.386 e. The van der Waals surface area contributed by atoms with Crippen LogP contribution in [0.25, 0.3) is 10.9 Å². The zero-order chi connectivity index (χ0) is 14.8. The monoisotopic (exact) mass is 345 g/mol. The van der Waals surface area contributed by atoms with Crippen LogP contribution in [0.1, 0.15) is 11.7 Å². The molecular weight excluding hydrogens is 334 g/mol. The molecule has 0 saturated carbocycles. The number of rotatable bonds is 3. The second kappa shape index (κ2) is 5.75. The van der Waals surface area contributed by atoms with Gasteiger partial charge in [-0.2, -0.15) is 0 Å². The average molecular weight is 346 g/mol. The minimum atomic E-state index is -0.792. The Morgan fingerprint density at radius 3 is 2.90 bits per heavy atom. The number of hydrogen-bond acceptors (Lipinski definition) is 4. The van der Waals surface area contributed by atoms with Gasteiger partial charge in [0.05, 0.1) is 36.1 Å². The van der Waals surface area contributed by atoms with Crippen molar-refractivity contribution >= 4 is 26.8 Å². The quantitative estimate of drug-likeness (QED) is 0.790. The Morgan fingerprint density at radius 2 is 2.10 bits per heavy atom. The van der Waals surface area contributed by atoms with Crippen LogP contribution in [0.15, 0.2) is 58.3 Å². The Hall–Kier alpha value is -2.05. The zero-order valence-electron chi connectivity index (χ0n) is 11.0. The molecule has 0 unspecified atom stereocenters. The Morgan fingerprint density at radius 1 is 1.29 bits per heavy atom. The first-order valence-corrected chi connectivity index (χ1v) is 7.18. The number of aliphatic hydroxyl groups is 1. The van der Waals surface area contributed by atoms with Crippen LogP contribution in [0.2, 0.25) is 0 Å². The molecule has 0 aliphatic heterocycles. The summed E-state index contributed by atoms with van der Waals surface area (Å²) in [5, 5.41) is 10.8. The molecule has 0 aliphatic carbocycles. The lowest BCUT2D eigenvalue weighted by Crippen LogP contribution is -2.24. The van der Waals surface area contributed by atoms with Gasteiger partial charge in [0, 0.05) is 10.7 Å². The lowest BCUT2D eigenvalue weighted by atomic mass is 10.1. The Bertz CT molecular complexity index is 847. The van der Waals surface area contributed by atoms with E-state index in [1.54, 1.807) is 18.5 Å². The summed E-state index contributed by atoms with van der Waals surface area (Å²) in [6.07, 6.45) is 3.75. The molecule has 1 N–H and O–H groups in total. The highest BCUT2D eigenvalue weighted by atomic mass is 79.9. The molecular formula is C15H12BrN3O2. The van der Waals surface area contributed by atoms with Crippen molar-refractivity contribution < 1.29 is 5.11 Å². The van der Waals surface area contributed by atoms with Crippen molar-refractivity contribution in [2.24, 2.45) is 0 Å². The van der Waals surface area contributed by atoms with E-state index >= 15 is 0 Å². The maximum Gasteiger partial charge on any atom is 0.261 e. The molecule has 3 aromatic rings. The molecule has 106 valence electrons. The molecule has 2 heterocycles. The van der Waals surface area contributed by atoms with Crippen LogP contribution < -0.4 is 5.56 Å². The van der Waals surface area contributed by atoms with Gasteiger partial charge in [-0.1, -0.05) is 34.1 Å².